The van der Waals surface area contributed by atoms with E-state index < -0.39 is 0 Å². The predicted molar refractivity (Wildman–Crippen MR) is 99.3 cm³/mol. The fraction of sp³-hybridized carbons (Fsp3) is 0. The number of hydrogen-bond acceptors (Lipinski definition) is 4. The molecule has 0 atom stereocenters. The van der Waals surface area contributed by atoms with E-state index in [1.54, 1.807) is 12.4 Å². The first-order chi connectivity index (χ1) is 11.7. The summed E-state index contributed by atoms with van der Waals surface area (Å²) in [4.78, 5) is 7.69. The van der Waals surface area contributed by atoms with E-state index in [-0.39, 0.29) is 0 Å². The van der Waals surface area contributed by atoms with E-state index in [1.807, 2.05) is 48.5 Å². The molecule has 0 radical (unpaired) electrons. The Labute approximate surface area is 155 Å². The first-order valence-electron chi connectivity index (χ1n) is 7.01. The standard InChI is InChI=1S/2C9H6BrNO/c2*10-8-3-1-2-7(4-8)9-5-11-6-12-9/h2*1-6H. The molecule has 0 fully saturated rings. The molecule has 0 aliphatic rings. The maximum atomic E-state index is 5.14. The van der Waals surface area contributed by atoms with Crippen molar-refractivity contribution in [3.63, 3.8) is 0 Å². The molecule has 4 rings (SSSR count). The van der Waals surface area contributed by atoms with Gasteiger partial charge in [-0.2, -0.15) is 0 Å². The van der Waals surface area contributed by atoms with E-state index >= 15 is 0 Å². The van der Waals surface area contributed by atoms with Gasteiger partial charge in [0, 0.05) is 20.1 Å². The normalized spacial score (nSPS) is 10.1. The van der Waals surface area contributed by atoms with E-state index in [0.29, 0.717) is 0 Å². The van der Waals surface area contributed by atoms with Crippen LogP contribution in [0.1, 0.15) is 0 Å². The largest absolute Gasteiger partial charge is 0.444 e. The van der Waals surface area contributed by atoms with Crippen molar-refractivity contribution in [1.29, 1.82) is 0 Å². The fourth-order valence-electron chi connectivity index (χ4n) is 2.00. The van der Waals surface area contributed by atoms with E-state index in [2.05, 4.69) is 41.8 Å². The van der Waals surface area contributed by atoms with Gasteiger partial charge in [-0.05, 0) is 24.3 Å². The number of oxazole rings is 2. The van der Waals surface area contributed by atoms with Gasteiger partial charge in [-0.1, -0.05) is 56.1 Å². The highest BCUT2D eigenvalue weighted by molar-refractivity contribution is 9.10. The Morgan fingerprint density at radius 1 is 0.667 bits per heavy atom. The lowest BCUT2D eigenvalue weighted by atomic mass is 10.2. The van der Waals surface area contributed by atoms with Gasteiger partial charge in [0.25, 0.3) is 0 Å². The molecule has 6 heteroatoms. The SMILES string of the molecule is Brc1cccc(-c2cnco2)c1.Brc1cccc(-c2cnco2)c1. The molecule has 0 aliphatic carbocycles. The number of rotatable bonds is 2. The van der Waals surface area contributed by atoms with Gasteiger partial charge in [-0.15, -0.1) is 0 Å². The lowest BCUT2D eigenvalue weighted by Crippen LogP contribution is -1.72. The van der Waals surface area contributed by atoms with Gasteiger partial charge in [0.15, 0.2) is 24.3 Å². The van der Waals surface area contributed by atoms with Crippen LogP contribution in [0, 0.1) is 0 Å². The van der Waals surface area contributed by atoms with Gasteiger partial charge >= 0.3 is 0 Å². The topological polar surface area (TPSA) is 52.1 Å². The lowest BCUT2D eigenvalue weighted by Gasteiger charge is -1.95. The zero-order valence-corrected chi connectivity index (χ0v) is 15.6. The molecule has 0 N–H and O–H groups in total. The van der Waals surface area contributed by atoms with Gasteiger partial charge in [0.05, 0.1) is 12.4 Å². The van der Waals surface area contributed by atoms with E-state index in [4.69, 9.17) is 8.83 Å². The molecule has 24 heavy (non-hydrogen) atoms. The molecule has 2 aromatic carbocycles. The molecule has 0 saturated carbocycles. The van der Waals surface area contributed by atoms with Crippen molar-refractivity contribution in [3.05, 3.63) is 82.7 Å². The molecule has 2 aromatic heterocycles. The summed E-state index contributed by atoms with van der Waals surface area (Å²) in [7, 11) is 0. The Balaban J connectivity index is 0.000000141. The van der Waals surface area contributed by atoms with Gasteiger partial charge in [0.1, 0.15) is 0 Å². The minimum atomic E-state index is 0.788. The average Bonchev–Trinajstić information content (AvgIpc) is 3.29. The van der Waals surface area contributed by atoms with Crippen LogP contribution in [0.15, 0.2) is 91.5 Å². The summed E-state index contributed by atoms with van der Waals surface area (Å²) in [5.41, 5.74) is 2.06. The van der Waals surface area contributed by atoms with Gasteiger partial charge < -0.3 is 8.83 Å². The van der Waals surface area contributed by atoms with Gasteiger partial charge in [0.2, 0.25) is 0 Å². The predicted octanol–water partition coefficient (Wildman–Crippen LogP) is 6.21. The zero-order valence-electron chi connectivity index (χ0n) is 12.4. The molecule has 0 saturated heterocycles. The van der Waals surface area contributed by atoms with Crippen LogP contribution in [-0.2, 0) is 0 Å². The molecular weight excluding hydrogens is 436 g/mol. The Hall–Kier alpha value is -2.18. The Morgan fingerprint density at radius 3 is 1.46 bits per heavy atom. The van der Waals surface area contributed by atoms with Crippen molar-refractivity contribution < 1.29 is 8.83 Å². The third-order valence-electron chi connectivity index (χ3n) is 3.08. The minimum Gasteiger partial charge on any atom is -0.444 e. The van der Waals surface area contributed by atoms with Crippen molar-refractivity contribution in [2.24, 2.45) is 0 Å². The summed E-state index contributed by atoms with van der Waals surface area (Å²) in [6.07, 6.45) is 6.25. The van der Waals surface area contributed by atoms with Gasteiger partial charge in [-0.3, -0.25) is 0 Å². The second-order valence-corrected chi connectivity index (χ2v) is 6.58. The van der Waals surface area contributed by atoms with Crippen LogP contribution in [0.3, 0.4) is 0 Å². The summed E-state index contributed by atoms with van der Waals surface area (Å²) in [6, 6.07) is 15.8. The van der Waals surface area contributed by atoms with Crippen LogP contribution in [0.25, 0.3) is 22.6 Å². The number of hydrogen-bond donors (Lipinski definition) is 0. The summed E-state index contributed by atoms with van der Waals surface area (Å²) in [5.74, 6) is 1.58. The quantitative estimate of drug-likeness (QED) is 0.366. The third-order valence-corrected chi connectivity index (χ3v) is 4.07. The molecule has 0 amide bonds. The number of nitrogens with zero attached hydrogens (tertiary/aromatic N) is 2. The van der Waals surface area contributed by atoms with E-state index in [1.165, 1.54) is 12.8 Å². The fourth-order valence-corrected chi connectivity index (χ4v) is 2.80. The number of halogens is 2. The lowest BCUT2D eigenvalue weighted by molar-refractivity contribution is 0.571. The molecule has 0 aliphatic heterocycles. The Morgan fingerprint density at radius 2 is 1.12 bits per heavy atom. The number of benzene rings is 2. The summed E-state index contributed by atoms with van der Waals surface area (Å²) in [5, 5.41) is 0. The minimum absolute atomic E-state index is 0.788. The number of aromatic nitrogens is 2. The van der Waals surface area contributed by atoms with Crippen molar-refractivity contribution in [3.8, 4) is 22.6 Å². The van der Waals surface area contributed by atoms with Crippen molar-refractivity contribution in [2.75, 3.05) is 0 Å². The first kappa shape index (κ1) is 16.7. The van der Waals surface area contributed by atoms with Crippen LogP contribution in [0.2, 0.25) is 0 Å². The van der Waals surface area contributed by atoms with E-state index in [9.17, 15) is 0 Å². The highest BCUT2D eigenvalue weighted by Gasteiger charge is 2.00. The molecule has 4 nitrogen and oxygen atoms in total. The molecular formula is C18H12Br2N2O2. The highest BCUT2D eigenvalue weighted by atomic mass is 79.9. The van der Waals surface area contributed by atoms with Gasteiger partial charge in [-0.25, -0.2) is 9.97 Å². The molecule has 2 heterocycles. The highest BCUT2D eigenvalue weighted by Crippen LogP contribution is 2.22. The zero-order chi connectivity index (χ0) is 16.8. The molecule has 120 valence electrons. The van der Waals surface area contributed by atoms with Crippen molar-refractivity contribution >= 4 is 31.9 Å². The van der Waals surface area contributed by atoms with Crippen molar-refractivity contribution in [1.82, 2.24) is 9.97 Å². The summed E-state index contributed by atoms with van der Waals surface area (Å²) >= 11 is 6.77. The van der Waals surface area contributed by atoms with Crippen LogP contribution in [-0.4, -0.2) is 9.97 Å². The smallest absolute Gasteiger partial charge is 0.181 e. The maximum absolute atomic E-state index is 5.14. The molecule has 0 unspecified atom stereocenters. The molecule has 0 spiro atoms. The first-order valence-corrected chi connectivity index (χ1v) is 8.60. The van der Waals surface area contributed by atoms with Crippen LogP contribution in [0.5, 0.6) is 0 Å². The van der Waals surface area contributed by atoms with Crippen LogP contribution < -0.4 is 0 Å². The van der Waals surface area contributed by atoms with Crippen LogP contribution in [0.4, 0.5) is 0 Å². The third kappa shape index (κ3) is 4.43. The maximum Gasteiger partial charge on any atom is 0.181 e. The molecule has 0 bridgehead atoms. The Kier molecular flexibility index (Phi) is 5.61. The second-order valence-electron chi connectivity index (χ2n) is 4.75. The second kappa shape index (κ2) is 8.08. The summed E-state index contributed by atoms with van der Waals surface area (Å²) < 4.78 is 12.4. The average molecular weight is 448 g/mol. The Bertz CT molecular complexity index is 815. The molecule has 4 aromatic rings. The van der Waals surface area contributed by atoms with Crippen molar-refractivity contribution in [2.45, 2.75) is 0 Å². The monoisotopic (exact) mass is 446 g/mol. The summed E-state index contributed by atoms with van der Waals surface area (Å²) in [6.45, 7) is 0. The van der Waals surface area contributed by atoms with E-state index in [0.717, 1.165) is 31.6 Å². The van der Waals surface area contributed by atoms with Crippen LogP contribution >= 0.6 is 31.9 Å².